The summed E-state index contributed by atoms with van der Waals surface area (Å²) in [7, 11) is 0. The Labute approximate surface area is 100 Å². The van der Waals surface area contributed by atoms with Crippen LogP contribution in [0, 0.1) is 0 Å². The number of benzene rings is 1. The van der Waals surface area contributed by atoms with Crippen molar-refractivity contribution in [3.05, 3.63) is 40.0 Å². The van der Waals surface area contributed by atoms with Gasteiger partial charge in [-0.25, -0.2) is 0 Å². The Hall–Kier alpha value is -0.310. The highest BCUT2D eigenvalue weighted by atomic mass is 79.9. The number of rotatable bonds is 1. The molecule has 0 aliphatic heterocycles. The fourth-order valence-corrected chi connectivity index (χ4v) is 1.97. The molecule has 0 amide bonds. The molecule has 0 spiro atoms. The van der Waals surface area contributed by atoms with Gasteiger partial charge in [-0.05, 0) is 17.7 Å². The summed E-state index contributed by atoms with van der Waals surface area (Å²) in [5.41, 5.74) is 2.02. The highest BCUT2D eigenvalue weighted by molar-refractivity contribution is 9.08. The molecule has 0 bridgehead atoms. The van der Waals surface area contributed by atoms with E-state index in [9.17, 15) is 0 Å². The highest BCUT2D eigenvalue weighted by Crippen LogP contribution is 2.29. The average Bonchev–Trinajstić information content (AvgIpc) is 2.23. The van der Waals surface area contributed by atoms with E-state index in [-0.39, 0.29) is 0 Å². The maximum Gasteiger partial charge on any atom is 0.0782 e. The smallest absolute Gasteiger partial charge is 0.0782 e. The Morgan fingerprint density at radius 2 is 2.07 bits per heavy atom. The number of fused-ring (bicyclic) bond motifs is 1. The summed E-state index contributed by atoms with van der Waals surface area (Å²) >= 11 is 15.3. The van der Waals surface area contributed by atoms with Gasteiger partial charge >= 0.3 is 0 Å². The Bertz CT molecular complexity index is 485. The largest absolute Gasteiger partial charge is 0.255 e. The molecule has 0 radical (unpaired) electrons. The summed E-state index contributed by atoms with van der Waals surface area (Å²) in [5.74, 6) is 0. The van der Waals surface area contributed by atoms with E-state index in [0.717, 1.165) is 21.8 Å². The first-order valence-electron chi connectivity index (χ1n) is 4.01. The molecule has 72 valence electrons. The van der Waals surface area contributed by atoms with E-state index in [1.54, 1.807) is 6.20 Å². The van der Waals surface area contributed by atoms with Gasteiger partial charge in [-0.15, -0.1) is 0 Å². The minimum atomic E-state index is 0.492. The second-order valence-corrected chi connectivity index (χ2v) is 4.25. The van der Waals surface area contributed by atoms with Crippen LogP contribution in [-0.4, -0.2) is 4.98 Å². The minimum absolute atomic E-state index is 0.492. The molecule has 14 heavy (non-hydrogen) atoms. The number of halogens is 3. The normalized spacial score (nSPS) is 10.8. The maximum atomic E-state index is 6.07. The number of hydrogen-bond donors (Lipinski definition) is 0. The van der Waals surface area contributed by atoms with E-state index in [2.05, 4.69) is 20.9 Å². The molecule has 0 atom stereocenters. The highest BCUT2D eigenvalue weighted by Gasteiger charge is 2.05. The van der Waals surface area contributed by atoms with Gasteiger partial charge < -0.3 is 0 Å². The van der Waals surface area contributed by atoms with Crippen LogP contribution < -0.4 is 0 Å². The van der Waals surface area contributed by atoms with Crippen molar-refractivity contribution in [1.82, 2.24) is 4.98 Å². The van der Waals surface area contributed by atoms with Crippen LogP contribution >= 0.6 is 39.1 Å². The van der Waals surface area contributed by atoms with E-state index in [1.165, 1.54) is 0 Å². The van der Waals surface area contributed by atoms with Crippen molar-refractivity contribution < 1.29 is 0 Å². The lowest BCUT2D eigenvalue weighted by Crippen LogP contribution is -1.83. The Morgan fingerprint density at radius 1 is 1.29 bits per heavy atom. The molecule has 1 aromatic carbocycles. The van der Waals surface area contributed by atoms with Gasteiger partial charge in [-0.2, -0.15) is 0 Å². The van der Waals surface area contributed by atoms with E-state index >= 15 is 0 Å². The second-order valence-electron chi connectivity index (χ2n) is 2.91. The fourth-order valence-electron chi connectivity index (χ4n) is 1.27. The topological polar surface area (TPSA) is 12.9 Å². The van der Waals surface area contributed by atoms with Crippen LogP contribution in [0.25, 0.3) is 10.9 Å². The number of alkyl halides is 1. The Kier molecular flexibility index (Phi) is 2.96. The molecule has 1 nitrogen and oxygen atoms in total. The molecule has 0 fully saturated rings. The summed E-state index contributed by atoms with van der Waals surface area (Å²) in [6, 6.07) is 5.94. The van der Waals surface area contributed by atoms with Crippen molar-refractivity contribution in [2.24, 2.45) is 0 Å². The summed E-state index contributed by atoms with van der Waals surface area (Å²) in [6.07, 6.45) is 1.57. The first kappa shape index (κ1) is 10.2. The van der Waals surface area contributed by atoms with Gasteiger partial charge in [0.2, 0.25) is 0 Å². The van der Waals surface area contributed by atoms with Crippen molar-refractivity contribution in [2.75, 3.05) is 0 Å². The number of nitrogens with zero attached hydrogens (tertiary/aromatic N) is 1. The monoisotopic (exact) mass is 289 g/mol. The summed E-state index contributed by atoms with van der Waals surface area (Å²) in [6.45, 7) is 0. The molecule has 0 aliphatic rings. The quantitative estimate of drug-likeness (QED) is 0.708. The molecular formula is C10H6BrCl2N. The zero-order valence-electron chi connectivity index (χ0n) is 7.10. The third-order valence-electron chi connectivity index (χ3n) is 1.98. The molecule has 4 heteroatoms. The SMILES string of the molecule is Clc1cnc2ccc(CBr)cc2c1Cl. The third kappa shape index (κ3) is 1.74. The molecule has 0 saturated heterocycles. The zero-order chi connectivity index (χ0) is 10.1. The van der Waals surface area contributed by atoms with Crippen LogP contribution in [0.1, 0.15) is 5.56 Å². The molecule has 1 aromatic heterocycles. The fraction of sp³-hybridized carbons (Fsp3) is 0.100. The van der Waals surface area contributed by atoms with E-state index in [4.69, 9.17) is 23.2 Å². The van der Waals surface area contributed by atoms with E-state index in [1.807, 2.05) is 18.2 Å². The Morgan fingerprint density at radius 3 is 2.79 bits per heavy atom. The predicted octanol–water partition coefficient (Wildman–Crippen LogP) is 4.44. The number of aromatic nitrogens is 1. The zero-order valence-corrected chi connectivity index (χ0v) is 10.2. The molecule has 2 rings (SSSR count). The Balaban J connectivity index is 2.78. The maximum absolute atomic E-state index is 6.07. The van der Waals surface area contributed by atoms with Crippen molar-refractivity contribution in [1.29, 1.82) is 0 Å². The minimum Gasteiger partial charge on any atom is -0.255 e. The lowest BCUT2D eigenvalue weighted by Gasteiger charge is -2.03. The molecule has 0 aliphatic carbocycles. The number of pyridine rings is 1. The average molecular weight is 291 g/mol. The van der Waals surface area contributed by atoms with Gasteiger partial charge in [0, 0.05) is 16.9 Å². The lowest BCUT2D eigenvalue weighted by atomic mass is 10.1. The van der Waals surface area contributed by atoms with Gasteiger partial charge in [0.05, 0.1) is 15.6 Å². The van der Waals surface area contributed by atoms with Crippen molar-refractivity contribution >= 4 is 50.0 Å². The number of hydrogen-bond acceptors (Lipinski definition) is 1. The van der Waals surface area contributed by atoms with Crippen molar-refractivity contribution in [3.63, 3.8) is 0 Å². The standard InChI is InChI=1S/C10H6BrCl2N/c11-4-6-1-2-9-7(3-6)10(13)8(12)5-14-9/h1-3,5H,4H2. The molecular weight excluding hydrogens is 285 g/mol. The predicted molar refractivity (Wildman–Crippen MR) is 64.4 cm³/mol. The summed E-state index contributed by atoms with van der Waals surface area (Å²) in [4.78, 5) is 4.19. The molecule has 1 heterocycles. The summed E-state index contributed by atoms with van der Waals surface area (Å²) in [5, 5.41) is 2.76. The van der Waals surface area contributed by atoms with E-state index in [0.29, 0.717) is 10.0 Å². The molecule has 0 N–H and O–H groups in total. The van der Waals surface area contributed by atoms with E-state index < -0.39 is 0 Å². The van der Waals surface area contributed by atoms with Gasteiger partial charge in [0.15, 0.2) is 0 Å². The van der Waals surface area contributed by atoms with Gasteiger partial charge in [-0.1, -0.05) is 45.2 Å². The molecule has 0 saturated carbocycles. The second kappa shape index (κ2) is 4.05. The van der Waals surface area contributed by atoms with Crippen LogP contribution in [-0.2, 0) is 5.33 Å². The van der Waals surface area contributed by atoms with Crippen molar-refractivity contribution in [2.45, 2.75) is 5.33 Å². The van der Waals surface area contributed by atoms with Crippen LogP contribution in [0.5, 0.6) is 0 Å². The van der Waals surface area contributed by atoms with Gasteiger partial charge in [-0.3, -0.25) is 4.98 Å². The van der Waals surface area contributed by atoms with Crippen LogP contribution in [0.2, 0.25) is 10.0 Å². The van der Waals surface area contributed by atoms with Crippen LogP contribution in [0.15, 0.2) is 24.4 Å². The van der Waals surface area contributed by atoms with Crippen molar-refractivity contribution in [3.8, 4) is 0 Å². The van der Waals surface area contributed by atoms with Gasteiger partial charge in [0.25, 0.3) is 0 Å². The van der Waals surface area contributed by atoms with Gasteiger partial charge in [0.1, 0.15) is 0 Å². The summed E-state index contributed by atoms with van der Waals surface area (Å²) < 4.78 is 0. The van der Waals surface area contributed by atoms with Crippen LogP contribution in [0.4, 0.5) is 0 Å². The third-order valence-corrected chi connectivity index (χ3v) is 3.42. The molecule has 2 aromatic rings. The molecule has 0 unspecified atom stereocenters. The van der Waals surface area contributed by atoms with Crippen LogP contribution in [0.3, 0.4) is 0 Å². The first-order valence-corrected chi connectivity index (χ1v) is 5.88. The lowest BCUT2D eigenvalue weighted by molar-refractivity contribution is 1.39. The first-order chi connectivity index (χ1) is 6.72.